The monoisotopic (exact) mass is 308 g/mol. The smallest absolute Gasteiger partial charge is 0.295 e. The molecule has 1 aromatic carbocycles. The van der Waals surface area contributed by atoms with Crippen LogP contribution in [0.3, 0.4) is 0 Å². The molecule has 2 aromatic heterocycles. The lowest BCUT2D eigenvalue weighted by Gasteiger charge is -2.05. The van der Waals surface area contributed by atoms with E-state index in [0.717, 1.165) is 10.1 Å². The summed E-state index contributed by atoms with van der Waals surface area (Å²) in [5, 5.41) is 2.82. The predicted octanol–water partition coefficient (Wildman–Crippen LogP) is 2.75. The molecule has 5 nitrogen and oxygen atoms in total. The molecular weight excluding hydrogens is 296 g/mol. The van der Waals surface area contributed by atoms with Crippen LogP contribution in [0.4, 0.5) is 5.69 Å². The maximum atomic E-state index is 12.2. The summed E-state index contributed by atoms with van der Waals surface area (Å²) in [7, 11) is -3.72. The van der Waals surface area contributed by atoms with Gasteiger partial charge in [0.15, 0.2) is 0 Å². The fourth-order valence-corrected chi connectivity index (χ4v) is 3.62. The molecule has 0 amide bonds. The third-order valence-electron chi connectivity index (χ3n) is 2.81. The van der Waals surface area contributed by atoms with Gasteiger partial charge in [-0.05, 0) is 47.2 Å². The molecule has 0 spiro atoms. The quantitative estimate of drug-likeness (QED) is 0.776. The molecule has 0 radical (unpaired) electrons. The van der Waals surface area contributed by atoms with Crippen molar-refractivity contribution in [2.75, 3.05) is 4.72 Å². The molecule has 0 fully saturated rings. The number of nitrogens with two attached hydrogens (primary N) is 1. The highest BCUT2D eigenvalue weighted by molar-refractivity contribution is 7.92. The lowest BCUT2D eigenvalue weighted by Crippen LogP contribution is -2.12. The molecule has 0 saturated carbocycles. The lowest BCUT2D eigenvalue weighted by atomic mass is 10.2. The Labute approximate surface area is 120 Å². The Hall–Kier alpha value is -1.83. The van der Waals surface area contributed by atoms with Crippen molar-refractivity contribution in [1.82, 2.24) is 0 Å². The Morgan fingerprint density at radius 3 is 2.80 bits per heavy atom. The molecule has 0 aliphatic carbocycles. The minimum Gasteiger partial charge on any atom is -0.446 e. The number of fused-ring (bicyclic) bond motifs is 1. The molecule has 20 heavy (non-hydrogen) atoms. The molecule has 0 saturated heterocycles. The number of anilines is 1. The van der Waals surface area contributed by atoms with Crippen LogP contribution in [0.5, 0.6) is 0 Å². The topological polar surface area (TPSA) is 85.3 Å². The Balaban J connectivity index is 1.92. The number of sulfonamides is 1. The fourth-order valence-electron chi connectivity index (χ4n) is 1.85. The zero-order valence-corrected chi connectivity index (χ0v) is 12.0. The average molecular weight is 308 g/mol. The molecule has 0 aliphatic rings. The van der Waals surface area contributed by atoms with E-state index in [0.29, 0.717) is 11.4 Å². The van der Waals surface area contributed by atoms with Crippen LogP contribution in [0.25, 0.3) is 10.1 Å². The highest BCUT2D eigenvalue weighted by Gasteiger charge is 2.18. The normalized spacial score (nSPS) is 11.8. The van der Waals surface area contributed by atoms with Crippen LogP contribution in [-0.4, -0.2) is 8.42 Å². The Kier molecular flexibility index (Phi) is 3.25. The summed E-state index contributed by atoms with van der Waals surface area (Å²) in [4.78, 5) is 0. The Morgan fingerprint density at radius 1 is 1.20 bits per heavy atom. The number of hydrogen-bond acceptors (Lipinski definition) is 5. The maximum absolute atomic E-state index is 12.2. The van der Waals surface area contributed by atoms with Crippen molar-refractivity contribution in [2.24, 2.45) is 5.73 Å². The van der Waals surface area contributed by atoms with Crippen LogP contribution < -0.4 is 10.5 Å². The Morgan fingerprint density at radius 2 is 2.05 bits per heavy atom. The number of rotatable bonds is 4. The first-order valence-corrected chi connectivity index (χ1v) is 8.24. The van der Waals surface area contributed by atoms with Gasteiger partial charge < -0.3 is 10.2 Å². The zero-order chi connectivity index (χ0) is 14.2. The first-order chi connectivity index (χ1) is 9.58. The van der Waals surface area contributed by atoms with Crippen LogP contribution in [0.2, 0.25) is 0 Å². The molecule has 2 heterocycles. The third-order valence-corrected chi connectivity index (χ3v) is 4.96. The van der Waals surface area contributed by atoms with E-state index < -0.39 is 10.0 Å². The second kappa shape index (κ2) is 4.93. The van der Waals surface area contributed by atoms with Crippen molar-refractivity contribution in [3.63, 3.8) is 0 Å². The minimum absolute atomic E-state index is 0.136. The maximum Gasteiger partial charge on any atom is 0.295 e. The second-order valence-corrected chi connectivity index (χ2v) is 6.76. The van der Waals surface area contributed by atoms with Gasteiger partial charge in [0.2, 0.25) is 5.09 Å². The van der Waals surface area contributed by atoms with Gasteiger partial charge in [-0.3, -0.25) is 4.72 Å². The van der Waals surface area contributed by atoms with E-state index >= 15 is 0 Å². The average Bonchev–Trinajstić information content (AvgIpc) is 3.06. The van der Waals surface area contributed by atoms with E-state index in [1.165, 1.54) is 6.07 Å². The summed E-state index contributed by atoms with van der Waals surface area (Å²) in [5.74, 6) is 0.429. The predicted molar refractivity (Wildman–Crippen MR) is 79.2 cm³/mol. The first-order valence-electron chi connectivity index (χ1n) is 5.87. The number of nitrogens with one attached hydrogen (secondary N) is 1. The van der Waals surface area contributed by atoms with Gasteiger partial charge in [-0.15, -0.1) is 11.3 Å². The van der Waals surface area contributed by atoms with Gasteiger partial charge in [-0.2, -0.15) is 8.42 Å². The summed E-state index contributed by atoms with van der Waals surface area (Å²) in [6, 6.07) is 10.3. The number of benzene rings is 1. The number of thiophene rings is 1. The molecule has 3 rings (SSSR count). The zero-order valence-electron chi connectivity index (χ0n) is 10.4. The van der Waals surface area contributed by atoms with E-state index in [1.807, 2.05) is 17.5 Å². The minimum atomic E-state index is -3.72. The van der Waals surface area contributed by atoms with Crippen LogP contribution in [0.1, 0.15) is 5.76 Å². The van der Waals surface area contributed by atoms with Gasteiger partial charge in [0.25, 0.3) is 10.0 Å². The molecule has 3 aromatic rings. The van der Waals surface area contributed by atoms with Crippen molar-refractivity contribution >= 4 is 37.1 Å². The van der Waals surface area contributed by atoms with E-state index in [9.17, 15) is 8.42 Å². The summed E-state index contributed by atoms with van der Waals surface area (Å²) in [6.45, 7) is 0.163. The summed E-state index contributed by atoms with van der Waals surface area (Å²) < 4.78 is 33.1. The Bertz CT molecular complexity index is 849. The van der Waals surface area contributed by atoms with Crippen molar-refractivity contribution in [1.29, 1.82) is 0 Å². The van der Waals surface area contributed by atoms with E-state index in [4.69, 9.17) is 10.2 Å². The molecule has 104 valence electrons. The molecular formula is C13H12N2O3S2. The second-order valence-electron chi connectivity index (χ2n) is 4.20. The number of furan rings is 1. The molecule has 7 heteroatoms. The van der Waals surface area contributed by atoms with Crippen molar-refractivity contribution in [3.8, 4) is 0 Å². The van der Waals surface area contributed by atoms with Gasteiger partial charge in [0.1, 0.15) is 5.76 Å². The fraction of sp³-hybridized carbons (Fsp3) is 0.0769. The summed E-state index contributed by atoms with van der Waals surface area (Å²) in [6.07, 6.45) is 0. The SMILES string of the molecule is NCc1ccc(S(=O)(=O)Nc2ccc3sccc3c2)o1. The van der Waals surface area contributed by atoms with Crippen molar-refractivity contribution in [3.05, 3.63) is 47.5 Å². The largest absolute Gasteiger partial charge is 0.446 e. The van der Waals surface area contributed by atoms with E-state index in [-0.39, 0.29) is 11.6 Å². The molecule has 0 aliphatic heterocycles. The van der Waals surface area contributed by atoms with Gasteiger partial charge in [-0.1, -0.05) is 0 Å². The van der Waals surface area contributed by atoms with Crippen LogP contribution >= 0.6 is 11.3 Å². The van der Waals surface area contributed by atoms with Crippen molar-refractivity contribution in [2.45, 2.75) is 11.6 Å². The number of hydrogen-bond donors (Lipinski definition) is 2. The van der Waals surface area contributed by atoms with E-state index in [2.05, 4.69) is 4.72 Å². The highest BCUT2D eigenvalue weighted by atomic mass is 32.2. The summed E-state index contributed by atoms with van der Waals surface area (Å²) >= 11 is 1.61. The van der Waals surface area contributed by atoms with Crippen LogP contribution in [0, 0.1) is 0 Å². The highest BCUT2D eigenvalue weighted by Crippen LogP contribution is 2.25. The van der Waals surface area contributed by atoms with Crippen LogP contribution in [0.15, 0.2) is 51.3 Å². The molecule has 0 unspecified atom stereocenters. The molecule has 0 bridgehead atoms. The lowest BCUT2D eigenvalue weighted by molar-refractivity contribution is 0.417. The first kappa shape index (κ1) is 13.2. The third kappa shape index (κ3) is 2.43. The van der Waals surface area contributed by atoms with Gasteiger partial charge in [0.05, 0.1) is 6.54 Å². The van der Waals surface area contributed by atoms with Gasteiger partial charge in [0, 0.05) is 10.4 Å². The molecule has 0 atom stereocenters. The van der Waals surface area contributed by atoms with Gasteiger partial charge >= 0.3 is 0 Å². The standard InChI is InChI=1S/C13H12N2O3S2/c14-8-11-2-4-13(18-11)20(16,17)15-10-1-3-12-9(7-10)5-6-19-12/h1-7,15H,8,14H2. The van der Waals surface area contributed by atoms with E-state index in [1.54, 1.807) is 29.5 Å². The van der Waals surface area contributed by atoms with Gasteiger partial charge in [-0.25, -0.2) is 0 Å². The van der Waals surface area contributed by atoms with Crippen LogP contribution in [-0.2, 0) is 16.6 Å². The summed E-state index contributed by atoms with van der Waals surface area (Å²) in [5.41, 5.74) is 5.90. The van der Waals surface area contributed by atoms with Crippen molar-refractivity contribution < 1.29 is 12.8 Å². The molecule has 3 N–H and O–H groups in total.